The summed E-state index contributed by atoms with van der Waals surface area (Å²) in [6.45, 7) is 12.0. The van der Waals surface area contributed by atoms with Gasteiger partial charge in [0.15, 0.2) is 0 Å². The Hall–Kier alpha value is -1.54. The first-order valence-electron chi connectivity index (χ1n) is 11.1. The van der Waals surface area contributed by atoms with Crippen molar-refractivity contribution in [1.82, 2.24) is 20.0 Å². The zero-order chi connectivity index (χ0) is 21.0. The Morgan fingerprint density at radius 2 is 1.66 bits per heavy atom. The molecule has 0 unspecified atom stereocenters. The largest absolute Gasteiger partial charge is 0.465 e. The number of nitrogens with one attached hydrogen (secondary N) is 1. The van der Waals surface area contributed by atoms with E-state index in [-0.39, 0.29) is 12.1 Å². The Labute approximate surface area is 174 Å². The van der Waals surface area contributed by atoms with E-state index < -0.39 is 11.7 Å². The van der Waals surface area contributed by atoms with Crippen molar-refractivity contribution >= 4 is 12.2 Å². The number of hydrogen-bond acceptors (Lipinski definition) is 5. The van der Waals surface area contributed by atoms with Crippen LogP contribution in [0.3, 0.4) is 0 Å². The van der Waals surface area contributed by atoms with Crippen LogP contribution in [0.25, 0.3) is 0 Å². The van der Waals surface area contributed by atoms with Crippen LogP contribution in [0.15, 0.2) is 0 Å². The van der Waals surface area contributed by atoms with Gasteiger partial charge in [0.25, 0.3) is 0 Å². The topological polar surface area (TPSA) is 85.4 Å². The molecule has 3 rings (SSSR count). The highest BCUT2D eigenvalue weighted by Crippen LogP contribution is 2.27. The van der Waals surface area contributed by atoms with Crippen molar-refractivity contribution < 1.29 is 19.4 Å². The van der Waals surface area contributed by atoms with Crippen LogP contribution >= 0.6 is 0 Å². The van der Waals surface area contributed by atoms with Crippen molar-refractivity contribution in [3.05, 3.63) is 0 Å². The van der Waals surface area contributed by atoms with Gasteiger partial charge in [-0.3, -0.25) is 4.90 Å². The van der Waals surface area contributed by atoms with Crippen molar-refractivity contribution in [2.75, 3.05) is 45.8 Å². The highest BCUT2D eigenvalue weighted by atomic mass is 16.6. The molecule has 2 amide bonds. The average Bonchev–Trinajstić information content (AvgIpc) is 3.10. The summed E-state index contributed by atoms with van der Waals surface area (Å²) in [5.74, 6) is 0.703. The molecule has 0 spiro atoms. The molecule has 2 heterocycles. The Bertz CT molecular complexity index is 564. The molecule has 1 atom stereocenters. The van der Waals surface area contributed by atoms with Crippen molar-refractivity contribution in [3.63, 3.8) is 0 Å². The van der Waals surface area contributed by atoms with Gasteiger partial charge in [0.1, 0.15) is 5.60 Å². The van der Waals surface area contributed by atoms with Crippen LogP contribution in [0.5, 0.6) is 0 Å². The molecule has 1 aliphatic carbocycles. The van der Waals surface area contributed by atoms with E-state index in [1.54, 1.807) is 0 Å². The molecule has 3 fully saturated rings. The van der Waals surface area contributed by atoms with Gasteiger partial charge in [-0.2, -0.15) is 0 Å². The molecule has 2 aliphatic heterocycles. The lowest BCUT2D eigenvalue weighted by Crippen LogP contribution is -2.52. The lowest BCUT2D eigenvalue weighted by atomic mass is 9.86. The summed E-state index contributed by atoms with van der Waals surface area (Å²) in [6.07, 6.45) is 4.44. The van der Waals surface area contributed by atoms with Crippen molar-refractivity contribution in [2.24, 2.45) is 5.92 Å². The van der Waals surface area contributed by atoms with Gasteiger partial charge in [0, 0.05) is 51.4 Å². The number of amides is 2. The summed E-state index contributed by atoms with van der Waals surface area (Å²) < 4.78 is 5.37. The van der Waals surface area contributed by atoms with E-state index in [0.717, 1.165) is 58.4 Å². The van der Waals surface area contributed by atoms with Gasteiger partial charge in [-0.05, 0) is 65.3 Å². The molecule has 0 bridgehead atoms. The Morgan fingerprint density at radius 1 is 1.00 bits per heavy atom. The second-order valence-corrected chi connectivity index (χ2v) is 9.87. The van der Waals surface area contributed by atoms with Crippen LogP contribution < -0.4 is 5.32 Å². The minimum absolute atomic E-state index is 0.234. The molecule has 8 nitrogen and oxygen atoms in total. The fraction of sp³-hybridized carbons (Fsp3) is 0.905. The molecule has 2 N–H and O–H groups in total. The lowest BCUT2D eigenvalue weighted by Gasteiger charge is -2.37. The summed E-state index contributed by atoms with van der Waals surface area (Å²) in [6, 6.07) is 0.800. The molecular formula is C21H38N4O4. The van der Waals surface area contributed by atoms with E-state index in [1.165, 1.54) is 11.3 Å². The van der Waals surface area contributed by atoms with Gasteiger partial charge in [0.05, 0.1) is 0 Å². The fourth-order valence-electron chi connectivity index (χ4n) is 4.88. The maximum atomic E-state index is 11.9. The first-order chi connectivity index (χ1) is 13.7. The minimum Gasteiger partial charge on any atom is -0.465 e. The second kappa shape index (κ2) is 9.51. The third-order valence-corrected chi connectivity index (χ3v) is 6.43. The maximum Gasteiger partial charge on any atom is 0.407 e. The highest BCUT2D eigenvalue weighted by molar-refractivity contribution is 5.68. The Balaban J connectivity index is 1.33. The summed E-state index contributed by atoms with van der Waals surface area (Å²) in [4.78, 5) is 29.6. The van der Waals surface area contributed by atoms with E-state index >= 15 is 0 Å². The first kappa shape index (κ1) is 22.2. The van der Waals surface area contributed by atoms with Crippen LogP contribution in [0.2, 0.25) is 0 Å². The lowest BCUT2D eigenvalue weighted by molar-refractivity contribution is 0.0484. The summed E-state index contributed by atoms with van der Waals surface area (Å²) in [5, 5.41) is 12.1. The molecule has 0 aromatic rings. The summed E-state index contributed by atoms with van der Waals surface area (Å²) >= 11 is 0. The molecular weight excluding hydrogens is 372 g/mol. The monoisotopic (exact) mass is 410 g/mol. The molecule has 0 radical (unpaired) electrons. The zero-order valence-corrected chi connectivity index (χ0v) is 18.2. The summed E-state index contributed by atoms with van der Waals surface area (Å²) in [5.41, 5.74) is -0.451. The smallest absolute Gasteiger partial charge is 0.407 e. The van der Waals surface area contributed by atoms with E-state index in [1.807, 2.05) is 20.8 Å². The number of likely N-dealkylation sites (tertiary alicyclic amines) is 1. The normalized spacial score (nSPS) is 29.6. The number of ether oxygens (including phenoxy) is 1. The van der Waals surface area contributed by atoms with Gasteiger partial charge >= 0.3 is 12.2 Å². The van der Waals surface area contributed by atoms with Crippen molar-refractivity contribution in [2.45, 2.75) is 70.6 Å². The molecule has 0 aromatic heterocycles. The first-order valence-corrected chi connectivity index (χ1v) is 11.1. The standard InChI is InChI=1S/C21H38N4O4/c1-21(2,3)29-19(26)22-17-6-4-16(5-7-17)14-23-9-8-18(15-23)24-10-12-25(13-11-24)20(27)28/h16-18H,4-15H2,1-3H3,(H,22,26)(H,27,28)/t16?,17?,18-/m1/s1. The number of carboxylic acid groups (broad SMARTS) is 1. The van der Waals surface area contributed by atoms with E-state index in [2.05, 4.69) is 15.1 Å². The van der Waals surface area contributed by atoms with Crippen LogP contribution in [0.1, 0.15) is 52.9 Å². The number of hydrogen-bond donors (Lipinski definition) is 2. The Kier molecular flexibility index (Phi) is 7.27. The zero-order valence-electron chi connectivity index (χ0n) is 18.2. The van der Waals surface area contributed by atoms with Gasteiger partial charge in [-0.15, -0.1) is 0 Å². The fourth-order valence-corrected chi connectivity index (χ4v) is 4.88. The minimum atomic E-state index is -0.797. The van der Waals surface area contributed by atoms with Crippen LogP contribution in [-0.2, 0) is 4.74 Å². The number of carbonyl (C=O) groups is 2. The SMILES string of the molecule is CC(C)(C)OC(=O)NC1CCC(CN2CC[C@@H](N3CCN(C(=O)O)CC3)C2)CC1. The molecule has 2 saturated heterocycles. The average molecular weight is 411 g/mol. The molecule has 0 aromatic carbocycles. The molecule has 1 saturated carbocycles. The Morgan fingerprint density at radius 3 is 2.24 bits per heavy atom. The molecule has 3 aliphatic rings. The maximum absolute atomic E-state index is 11.9. The van der Waals surface area contributed by atoms with E-state index in [4.69, 9.17) is 9.84 Å². The molecule has 8 heteroatoms. The predicted octanol–water partition coefficient (Wildman–Crippen LogP) is 2.44. The molecule has 29 heavy (non-hydrogen) atoms. The van der Waals surface area contributed by atoms with E-state index in [0.29, 0.717) is 25.0 Å². The van der Waals surface area contributed by atoms with Gasteiger partial charge in [0.2, 0.25) is 0 Å². The predicted molar refractivity (Wildman–Crippen MR) is 111 cm³/mol. The van der Waals surface area contributed by atoms with Gasteiger partial charge < -0.3 is 25.0 Å². The third-order valence-electron chi connectivity index (χ3n) is 6.43. The van der Waals surface area contributed by atoms with Crippen molar-refractivity contribution in [1.29, 1.82) is 0 Å². The van der Waals surface area contributed by atoms with Crippen molar-refractivity contribution in [3.8, 4) is 0 Å². The van der Waals surface area contributed by atoms with Crippen LogP contribution in [-0.4, -0.2) is 95.5 Å². The number of rotatable bonds is 4. The van der Waals surface area contributed by atoms with Gasteiger partial charge in [-0.1, -0.05) is 0 Å². The van der Waals surface area contributed by atoms with E-state index in [9.17, 15) is 9.59 Å². The number of piperazine rings is 1. The third kappa shape index (κ3) is 6.74. The second-order valence-electron chi connectivity index (χ2n) is 9.87. The van der Waals surface area contributed by atoms with Crippen LogP contribution in [0, 0.1) is 5.92 Å². The highest BCUT2D eigenvalue weighted by Gasteiger charge is 2.33. The van der Waals surface area contributed by atoms with Gasteiger partial charge in [-0.25, -0.2) is 9.59 Å². The summed E-state index contributed by atoms with van der Waals surface area (Å²) in [7, 11) is 0. The van der Waals surface area contributed by atoms with Crippen LogP contribution in [0.4, 0.5) is 9.59 Å². The number of nitrogens with zero attached hydrogens (tertiary/aromatic N) is 3. The molecule has 166 valence electrons. The quantitative estimate of drug-likeness (QED) is 0.740. The number of carbonyl (C=O) groups excluding carboxylic acids is 1. The number of alkyl carbamates (subject to hydrolysis) is 1.